The molecule has 8 nitrogen and oxygen atoms in total. The summed E-state index contributed by atoms with van der Waals surface area (Å²) in [6.45, 7) is 1.53. The van der Waals surface area contributed by atoms with Crippen LogP contribution in [0.5, 0.6) is 0 Å². The smallest absolute Gasteiger partial charge is 0.308 e. The van der Waals surface area contributed by atoms with Crippen molar-refractivity contribution in [2.45, 2.75) is 39.2 Å². The quantitative estimate of drug-likeness (QED) is 0.671. The Balaban J connectivity index is 1.52. The van der Waals surface area contributed by atoms with Crippen molar-refractivity contribution >= 4 is 45.5 Å². The third-order valence-corrected chi connectivity index (χ3v) is 6.39. The van der Waals surface area contributed by atoms with Crippen molar-refractivity contribution in [1.29, 1.82) is 0 Å². The Bertz CT molecular complexity index is 956. The second-order valence-corrected chi connectivity index (χ2v) is 8.11. The number of nitrogens with zero attached hydrogens (tertiary/aromatic N) is 1. The van der Waals surface area contributed by atoms with Gasteiger partial charge >= 0.3 is 10.8 Å². The Kier molecular flexibility index (Phi) is 5.76. The van der Waals surface area contributed by atoms with E-state index in [1.165, 1.54) is 15.9 Å². The number of rotatable bonds is 7. The van der Waals surface area contributed by atoms with E-state index in [9.17, 15) is 19.2 Å². The molecule has 2 heterocycles. The highest BCUT2D eigenvalue weighted by molar-refractivity contribution is 7.17. The number of nitrogens with two attached hydrogens (primary N) is 1. The fourth-order valence-corrected chi connectivity index (χ4v) is 5.08. The number of amides is 2. The molecule has 2 aromatic rings. The molecule has 0 fully saturated rings. The first-order valence-electron chi connectivity index (χ1n) is 8.41. The molecule has 3 N–H and O–H groups in total. The van der Waals surface area contributed by atoms with E-state index >= 15 is 0 Å². The number of primary amides is 1. The lowest BCUT2D eigenvalue weighted by Crippen LogP contribution is -2.24. The standard InChI is InChI=1S/C17H19N3O5S2/c1-9-8-26-17(24)20(9)6-5-13(22)25-7-12(21)19-16-14(15(18)23)10-3-2-4-11(10)27-16/h8H,2-7H2,1H3,(H2,18,23)(H,19,21). The maximum absolute atomic E-state index is 12.1. The number of ether oxygens (including phenoxy) is 1. The second-order valence-electron chi connectivity index (χ2n) is 6.18. The molecule has 2 amide bonds. The molecule has 0 bridgehead atoms. The van der Waals surface area contributed by atoms with E-state index < -0.39 is 24.4 Å². The molecule has 27 heavy (non-hydrogen) atoms. The van der Waals surface area contributed by atoms with E-state index in [2.05, 4.69) is 5.32 Å². The topological polar surface area (TPSA) is 120 Å². The van der Waals surface area contributed by atoms with E-state index in [0.717, 1.165) is 46.7 Å². The van der Waals surface area contributed by atoms with Crippen molar-refractivity contribution in [3.8, 4) is 0 Å². The summed E-state index contributed by atoms with van der Waals surface area (Å²) in [4.78, 5) is 48.1. The molecule has 0 saturated heterocycles. The number of nitrogens with one attached hydrogen (secondary N) is 1. The van der Waals surface area contributed by atoms with Gasteiger partial charge in [0.15, 0.2) is 6.61 Å². The highest BCUT2D eigenvalue weighted by Gasteiger charge is 2.26. The maximum atomic E-state index is 12.1. The monoisotopic (exact) mass is 409 g/mol. The average molecular weight is 409 g/mol. The Morgan fingerprint density at radius 1 is 1.33 bits per heavy atom. The van der Waals surface area contributed by atoms with Gasteiger partial charge in [0.05, 0.1) is 12.0 Å². The number of thiophene rings is 1. The minimum absolute atomic E-state index is 0.00933. The van der Waals surface area contributed by atoms with E-state index in [0.29, 0.717) is 10.6 Å². The van der Waals surface area contributed by atoms with Crippen molar-refractivity contribution in [2.75, 3.05) is 11.9 Å². The molecule has 0 aromatic carbocycles. The summed E-state index contributed by atoms with van der Waals surface area (Å²) in [7, 11) is 0. The van der Waals surface area contributed by atoms with Crippen molar-refractivity contribution in [3.05, 3.63) is 36.7 Å². The largest absolute Gasteiger partial charge is 0.456 e. The average Bonchev–Trinajstić information content (AvgIpc) is 3.26. The van der Waals surface area contributed by atoms with Crippen LogP contribution in [-0.4, -0.2) is 29.0 Å². The minimum Gasteiger partial charge on any atom is -0.456 e. The Labute approximate surface area is 162 Å². The molecule has 0 aliphatic heterocycles. The molecular formula is C17H19N3O5S2. The third-order valence-electron chi connectivity index (χ3n) is 4.30. The zero-order chi connectivity index (χ0) is 19.6. The van der Waals surface area contributed by atoms with Crippen LogP contribution in [0.1, 0.15) is 39.3 Å². The first-order chi connectivity index (χ1) is 12.9. The number of hydrogen-bond donors (Lipinski definition) is 2. The zero-order valence-electron chi connectivity index (χ0n) is 14.7. The number of anilines is 1. The summed E-state index contributed by atoms with van der Waals surface area (Å²) in [5, 5.41) is 4.74. The lowest BCUT2D eigenvalue weighted by molar-refractivity contribution is -0.147. The Morgan fingerprint density at radius 3 is 2.78 bits per heavy atom. The summed E-state index contributed by atoms with van der Waals surface area (Å²) < 4.78 is 6.44. The van der Waals surface area contributed by atoms with Crippen molar-refractivity contribution in [1.82, 2.24) is 4.57 Å². The van der Waals surface area contributed by atoms with Crippen LogP contribution in [-0.2, 0) is 33.7 Å². The molecule has 3 rings (SSSR count). The van der Waals surface area contributed by atoms with Crippen LogP contribution in [0.15, 0.2) is 10.2 Å². The highest BCUT2D eigenvalue weighted by Crippen LogP contribution is 2.38. The van der Waals surface area contributed by atoms with Crippen LogP contribution in [0.2, 0.25) is 0 Å². The highest BCUT2D eigenvalue weighted by atomic mass is 32.1. The number of thiazole rings is 1. The molecule has 0 radical (unpaired) electrons. The number of aromatic nitrogens is 1. The number of esters is 1. The van der Waals surface area contributed by atoms with Crippen LogP contribution in [0.4, 0.5) is 5.00 Å². The molecule has 0 atom stereocenters. The van der Waals surface area contributed by atoms with Gasteiger partial charge in [0.25, 0.3) is 11.8 Å². The van der Waals surface area contributed by atoms with Gasteiger partial charge in [-0.25, -0.2) is 0 Å². The molecule has 0 saturated carbocycles. The molecule has 144 valence electrons. The van der Waals surface area contributed by atoms with Gasteiger partial charge in [-0.05, 0) is 31.7 Å². The summed E-state index contributed by atoms with van der Waals surface area (Å²) in [6.07, 6.45) is 2.60. The first kappa shape index (κ1) is 19.3. The van der Waals surface area contributed by atoms with Gasteiger partial charge in [-0.15, -0.1) is 11.3 Å². The van der Waals surface area contributed by atoms with E-state index in [1.807, 2.05) is 0 Å². The van der Waals surface area contributed by atoms with Crippen molar-refractivity contribution in [3.63, 3.8) is 0 Å². The van der Waals surface area contributed by atoms with Crippen LogP contribution in [0.3, 0.4) is 0 Å². The molecule has 0 unspecified atom stereocenters. The minimum atomic E-state index is -0.577. The summed E-state index contributed by atoms with van der Waals surface area (Å²) in [5.41, 5.74) is 7.50. The number of carbonyl (C=O) groups excluding carboxylic acids is 3. The predicted molar refractivity (Wildman–Crippen MR) is 102 cm³/mol. The van der Waals surface area contributed by atoms with Gasteiger partial charge in [0.1, 0.15) is 5.00 Å². The van der Waals surface area contributed by atoms with Gasteiger partial charge < -0.3 is 20.4 Å². The van der Waals surface area contributed by atoms with Gasteiger partial charge in [0, 0.05) is 22.5 Å². The summed E-state index contributed by atoms with van der Waals surface area (Å²) in [6, 6.07) is 0. The van der Waals surface area contributed by atoms with Gasteiger partial charge in [-0.1, -0.05) is 11.3 Å². The van der Waals surface area contributed by atoms with Crippen molar-refractivity contribution < 1.29 is 19.1 Å². The molecular weight excluding hydrogens is 390 g/mol. The lowest BCUT2D eigenvalue weighted by Gasteiger charge is -2.08. The summed E-state index contributed by atoms with van der Waals surface area (Å²) in [5.74, 6) is -1.68. The number of aryl methyl sites for hydroxylation is 2. The van der Waals surface area contributed by atoms with Gasteiger partial charge in [0.2, 0.25) is 0 Å². The van der Waals surface area contributed by atoms with Crippen LogP contribution < -0.4 is 15.9 Å². The number of hydrogen-bond acceptors (Lipinski definition) is 7. The molecule has 2 aromatic heterocycles. The fraction of sp³-hybridized carbons (Fsp3) is 0.412. The third kappa shape index (κ3) is 4.28. The molecule has 1 aliphatic carbocycles. The predicted octanol–water partition coefficient (Wildman–Crippen LogP) is 1.44. The van der Waals surface area contributed by atoms with E-state index in [-0.39, 0.29) is 17.8 Å². The SMILES string of the molecule is Cc1csc(=O)n1CCC(=O)OCC(=O)Nc1sc2c(c1C(N)=O)CCC2. The normalized spacial score (nSPS) is 12.6. The molecule has 1 aliphatic rings. The van der Waals surface area contributed by atoms with E-state index in [4.69, 9.17) is 10.5 Å². The van der Waals surface area contributed by atoms with Gasteiger partial charge in [-0.2, -0.15) is 0 Å². The number of carbonyl (C=O) groups is 3. The van der Waals surface area contributed by atoms with Crippen LogP contribution in [0.25, 0.3) is 0 Å². The van der Waals surface area contributed by atoms with E-state index in [1.54, 1.807) is 12.3 Å². The fourth-order valence-electron chi connectivity index (χ4n) is 3.01. The Morgan fingerprint density at radius 2 is 2.11 bits per heavy atom. The Hall–Kier alpha value is -2.46. The van der Waals surface area contributed by atoms with Crippen LogP contribution in [0, 0.1) is 6.92 Å². The van der Waals surface area contributed by atoms with Gasteiger partial charge in [-0.3, -0.25) is 19.2 Å². The molecule has 10 heteroatoms. The second kappa shape index (κ2) is 8.05. The summed E-state index contributed by atoms with van der Waals surface area (Å²) >= 11 is 2.41. The number of fused-ring (bicyclic) bond motifs is 1. The van der Waals surface area contributed by atoms with Crippen molar-refractivity contribution in [2.24, 2.45) is 5.73 Å². The maximum Gasteiger partial charge on any atom is 0.308 e. The lowest BCUT2D eigenvalue weighted by atomic mass is 10.1. The first-order valence-corrected chi connectivity index (χ1v) is 10.1. The zero-order valence-corrected chi connectivity index (χ0v) is 16.3. The van der Waals surface area contributed by atoms with Crippen LogP contribution >= 0.6 is 22.7 Å². The molecule has 0 spiro atoms.